The molecule has 0 radical (unpaired) electrons. The highest BCUT2D eigenvalue weighted by molar-refractivity contribution is 7.92. The first kappa shape index (κ1) is 19.4. The molecule has 0 aliphatic heterocycles. The van der Waals surface area contributed by atoms with Crippen LogP contribution in [-0.2, 0) is 14.8 Å². The van der Waals surface area contributed by atoms with Gasteiger partial charge in [0.15, 0.2) is 0 Å². The first-order chi connectivity index (χ1) is 12.2. The largest absolute Gasteiger partial charge is 0.462 e. The molecular formula is C17H18N2O6S. The van der Waals surface area contributed by atoms with Gasteiger partial charge in [0.1, 0.15) is 0 Å². The number of anilines is 1. The molecule has 0 unspecified atom stereocenters. The van der Waals surface area contributed by atoms with Gasteiger partial charge in [0.05, 0.1) is 27.7 Å². The number of carbonyl (C=O) groups is 1. The van der Waals surface area contributed by atoms with Gasteiger partial charge in [-0.2, -0.15) is 0 Å². The van der Waals surface area contributed by atoms with E-state index in [1.54, 1.807) is 26.0 Å². The third kappa shape index (κ3) is 3.83. The summed E-state index contributed by atoms with van der Waals surface area (Å²) in [5, 5.41) is 10.9. The maximum absolute atomic E-state index is 12.9. The minimum Gasteiger partial charge on any atom is -0.462 e. The Morgan fingerprint density at radius 3 is 2.54 bits per heavy atom. The molecule has 26 heavy (non-hydrogen) atoms. The van der Waals surface area contributed by atoms with Crippen LogP contribution in [0.4, 0.5) is 11.4 Å². The van der Waals surface area contributed by atoms with E-state index in [9.17, 15) is 23.3 Å². The molecule has 0 saturated carbocycles. The van der Waals surface area contributed by atoms with Crippen LogP contribution in [0.1, 0.15) is 22.8 Å². The lowest BCUT2D eigenvalue weighted by Gasteiger charge is -2.22. The van der Waals surface area contributed by atoms with Crippen molar-refractivity contribution in [2.45, 2.75) is 18.7 Å². The molecule has 0 bridgehead atoms. The summed E-state index contributed by atoms with van der Waals surface area (Å²) in [6, 6.07) is 9.38. The normalized spacial score (nSPS) is 11.0. The van der Waals surface area contributed by atoms with Crippen LogP contribution in [0.25, 0.3) is 0 Å². The Bertz CT molecular complexity index is 955. The molecule has 0 aliphatic rings. The highest BCUT2D eigenvalue weighted by atomic mass is 32.2. The Hall–Kier alpha value is -2.94. The van der Waals surface area contributed by atoms with Crippen molar-refractivity contribution in [2.24, 2.45) is 0 Å². The highest BCUT2D eigenvalue weighted by Crippen LogP contribution is 2.28. The molecular weight excluding hydrogens is 360 g/mol. The summed E-state index contributed by atoms with van der Waals surface area (Å²) >= 11 is 0. The number of nitro groups is 1. The molecule has 0 aromatic heterocycles. The minimum atomic E-state index is -4.05. The van der Waals surface area contributed by atoms with Gasteiger partial charge in [-0.3, -0.25) is 14.4 Å². The second-order valence-electron chi connectivity index (χ2n) is 5.45. The molecule has 0 spiro atoms. The Morgan fingerprint density at radius 1 is 1.23 bits per heavy atom. The number of ether oxygens (including phenoxy) is 1. The van der Waals surface area contributed by atoms with Crippen molar-refractivity contribution in [3.8, 4) is 0 Å². The number of benzene rings is 2. The number of sulfonamides is 1. The minimum absolute atomic E-state index is 0.198. The number of hydrogen-bond donors (Lipinski definition) is 0. The van der Waals surface area contributed by atoms with Gasteiger partial charge in [-0.15, -0.1) is 0 Å². The molecule has 9 heteroatoms. The fourth-order valence-corrected chi connectivity index (χ4v) is 3.63. The maximum atomic E-state index is 12.9. The van der Waals surface area contributed by atoms with E-state index < -0.39 is 20.9 Å². The molecule has 2 aromatic carbocycles. The topological polar surface area (TPSA) is 107 Å². The third-order valence-corrected chi connectivity index (χ3v) is 5.51. The second-order valence-corrected chi connectivity index (χ2v) is 7.42. The number of nitro benzene ring substituents is 1. The molecule has 0 N–H and O–H groups in total. The lowest BCUT2D eigenvalue weighted by Crippen LogP contribution is -2.27. The van der Waals surface area contributed by atoms with Crippen LogP contribution in [0.2, 0.25) is 0 Å². The first-order valence-corrected chi connectivity index (χ1v) is 9.13. The van der Waals surface area contributed by atoms with E-state index in [0.717, 1.165) is 10.4 Å². The van der Waals surface area contributed by atoms with E-state index in [1.165, 1.54) is 31.3 Å². The monoisotopic (exact) mass is 378 g/mol. The van der Waals surface area contributed by atoms with Gasteiger partial charge in [-0.25, -0.2) is 13.2 Å². The number of rotatable bonds is 6. The first-order valence-electron chi connectivity index (χ1n) is 7.69. The van der Waals surface area contributed by atoms with Gasteiger partial charge >= 0.3 is 5.97 Å². The van der Waals surface area contributed by atoms with Crippen LogP contribution in [0, 0.1) is 17.0 Å². The summed E-state index contributed by atoms with van der Waals surface area (Å²) in [6.45, 7) is 3.57. The van der Waals surface area contributed by atoms with Crippen LogP contribution in [0.3, 0.4) is 0 Å². The lowest BCUT2D eigenvalue weighted by atomic mass is 10.1. The zero-order valence-electron chi connectivity index (χ0n) is 14.5. The maximum Gasteiger partial charge on any atom is 0.338 e. The van der Waals surface area contributed by atoms with Crippen molar-refractivity contribution in [1.82, 2.24) is 0 Å². The van der Waals surface area contributed by atoms with Crippen LogP contribution in [-0.4, -0.2) is 33.0 Å². The number of non-ortho nitro benzene ring substituents is 1. The van der Waals surface area contributed by atoms with E-state index in [2.05, 4.69) is 0 Å². The van der Waals surface area contributed by atoms with Crippen molar-refractivity contribution >= 4 is 27.4 Å². The fraction of sp³-hybridized carbons (Fsp3) is 0.235. The smallest absolute Gasteiger partial charge is 0.338 e. The number of nitrogens with zero attached hydrogens (tertiary/aromatic N) is 2. The van der Waals surface area contributed by atoms with Gasteiger partial charge < -0.3 is 4.74 Å². The summed E-state index contributed by atoms with van der Waals surface area (Å²) in [6.07, 6.45) is 0. The van der Waals surface area contributed by atoms with Crippen molar-refractivity contribution in [2.75, 3.05) is 18.0 Å². The van der Waals surface area contributed by atoms with Crippen LogP contribution in [0.5, 0.6) is 0 Å². The van der Waals surface area contributed by atoms with Gasteiger partial charge in [-0.1, -0.05) is 12.1 Å². The Morgan fingerprint density at radius 2 is 1.92 bits per heavy atom. The van der Waals surface area contributed by atoms with Crippen LogP contribution >= 0.6 is 0 Å². The van der Waals surface area contributed by atoms with Crippen molar-refractivity contribution in [3.05, 3.63) is 63.7 Å². The van der Waals surface area contributed by atoms with Crippen molar-refractivity contribution < 1.29 is 22.9 Å². The van der Waals surface area contributed by atoms with Gasteiger partial charge in [0.25, 0.3) is 15.7 Å². The predicted octanol–water partition coefficient (Wildman–Crippen LogP) is 2.91. The number of carbonyl (C=O) groups excluding carboxylic acids is 1. The predicted molar refractivity (Wildman–Crippen MR) is 95.8 cm³/mol. The standard InChI is InChI=1S/C17H18N2O6S/c1-4-25-17(20)13-9-8-12(2)16(10-13)18(3)26(23,24)15-7-5-6-14(11-15)19(21)22/h5-11H,4H2,1-3H3. The Labute approximate surface area is 151 Å². The van der Waals surface area contributed by atoms with E-state index >= 15 is 0 Å². The van der Waals surface area contributed by atoms with Crippen LogP contribution < -0.4 is 4.31 Å². The average Bonchev–Trinajstić information content (AvgIpc) is 2.61. The highest BCUT2D eigenvalue weighted by Gasteiger charge is 2.25. The van der Waals surface area contributed by atoms with Gasteiger partial charge in [0, 0.05) is 19.2 Å². The summed E-state index contributed by atoms with van der Waals surface area (Å²) in [7, 11) is -2.72. The second kappa shape index (κ2) is 7.52. The SMILES string of the molecule is CCOC(=O)c1ccc(C)c(N(C)S(=O)(=O)c2cccc([N+](=O)[O-])c2)c1. The zero-order chi connectivity index (χ0) is 19.5. The summed E-state index contributed by atoms with van der Waals surface area (Å²) in [5.74, 6) is -0.560. The molecule has 0 heterocycles. The lowest BCUT2D eigenvalue weighted by molar-refractivity contribution is -0.385. The zero-order valence-corrected chi connectivity index (χ0v) is 15.3. The van der Waals surface area contributed by atoms with E-state index in [-0.39, 0.29) is 28.4 Å². The average molecular weight is 378 g/mol. The quantitative estimate of drug-likeness (QED) is 0.435. The van der Waals surface area contributed by atoms with Crippen molar-refractivity contribution in [1.29, 1.82) is 0 Å². The molecule has 0 aliphatic carbocycles. The molecule has 0 amide bonds. The Balaban J connectivity index is 2.48. The molecule has 0 fully saturated rings. The molecule has 8 nitrogen and oxygen atoms in total. The molecule has 0 atom stereocenters. The van der Waals surface area contributed by atoms with E-state index in [1.807, 2.05) is 0 Å². The molecule has 2 rings (SSSR count). The van der Waals surface area contributed by atoms with E-state index in [0.29, 0.717) is 5.56 Å². The summed E-state index contributed by atoms with van der Waals surface area (Å²) in [5.41, 5.74) is 0.793. The Kier molecular flexibility index (Phi) is 5.61. The number of esters is 1. The summed E-state index contributed by atoms with van der Waals surface area (Å²) in [4.78, 5) is 21.9. The molecule has 138 valence electrons. The van der Waals surface area contributed by atoms with Crippen LogP contribution in [0.15, 0.2) is 47.4 Å². The number of hydrogen-bond acceptors (Lipinski definition) is 6. The number of aryl methyl sites for hydroxylation is 1. The third-order valence-electron chi connectivity index (χ3n) is 3.75. The van der Waals surface area contributed by atoms with E-state index in [4.69, 9.17) is 4.74 Å². The summed E-state index contributed by atoms with van der Waals surface area (Å²) < 4.78 is 31.6. The molecule has 2 aromatic rings. The molecule has 0 saturated heterocycles. The van der Waals surface area contributed by atoms with Crippen molar-refractivity contribution in [3.63, 3.8) is 0 Å². The van der Waals surface area contributed by atoms with Gasteiger partial charge in [-0.05, 0) is 37.6 Å². The fourth-order valence-electron chi connectivity index (χ4n) is 2.34. The van der Waals surface area contributed by atoms with Gasteiger partial charge in [0.2, 0.25) is 0 Å².